The molecule has 3 aromatic rings. The zero-order chi connectivity index (χ0) is 20.4. The molecule has 1 saturated heterocycles. The molecule has 2 aromatic carbocycles. The van der Waals surface area contributed by atoms with Crippen LogP contribution in [0.5, 0.6) is 5.75 Å². The molecule has 1 amide bonds. The molecule has 1 aromatic heterocycles. The summed E-state index contributed by atoms with van der Waals surface area (Å²) in [7, 11) is -2.03. The van der Waals surface area contributed by atoms with Crippen molar-refractivity contribution in [1.29, 1.82) is 0 Å². The Morgan fingerprint density at radius 1 is 1.21 bits per heavy atom. The highest BCUT2D eigenvalue weighted by Crippen LogP contribution is 2.33. The van der Waals surface area contributed by atoms with Crippen LogP contribution in [0.15, 0.2) is 53.4 Å². The number of hydrogen-bond acceptors (Lipinski definition) is 6. The molecule has 1 aliphatic heterocycles. The van der Waals surface area contributed by atoms with Crippen molar-refractivity contribution in [3.8, 4) is 5.75 Å². The molecular formula is C20H21N3O4S2. The minimum atomic E-state index is -3.61. The fourth-order valence-electron chi connectivity index (χ4n) is 3.47. The third kappa shape index (κ3) is 3.98. The van der Waals surface area contributed by atoms with Gasteiger partial charge in [-0.25, -0.2) is 13.4 Å². The van der Waals surface area contributed by atoms with Crippen LogP contribution >= 0.6 is 11.3 Å². The Morgan fingerprint density at radius 3 is 2.76 bits per heavy atom. The van der Waals surface area contributed by atoms with Crippen LogP contribution in [0, 0.1) is 5.92 Å². The summed E-state index contributed by atoms with van der Waals surface area (Å²) in [5, 5.41) is 3.34. The van der Waals surface area contributed by atoms with E-state index in [2.05, 4.69) is 10.3 Å². The molecule has 29 heavy (non-hydrogen) atoms. The molecule has 0 spiro atoms. The lowest BCUT2D eigenvalue weighted by molar-refractivity contribution is -0.120. The first-order valence-electron chi connectivity index (χ1n) is 9.28. The second kappa shape index (κ2) is 8.10. The van der Waals surface area contributed by atoms with Crippen molar-refractivity contribution >= 4 is 42.6 Å². The summed E-state index contributed by atoms with van der Waals surface area (Å²) >= 11 is 1.37. The number of para-hydroxylation sites is 1. The number of amides is 1. The molecule has 1 atom stereocenters. The fraction of sp³-hybridized carbons (Fsp3) is 0.300. The molecule has 0 aliphatic carbocycles. The summed E-state index contributed by atoms with van der Waals surface area (Å²) in [6.07, 6.45) is 1.28. The third-order valence-electron chi connectivity index (χ3n) is 4.97. The van der Waals surface area contributed by atoms with E-state index in [1.165, 1.54) is 15.6 Å². The van der Waals surface area contributed by atoms with E-state index in [0.717, 1.165) is 4.70 Å². The number of anilines is 1. The molecule has 0 radical (unpaired) electrons. The van der Waals surface area contributed by atoms with E-state index in [4.69, 9.17) is 4.74 Å². The number of benzene rings is 2. The second-order valence-corrected chi connectivity index (χ2v) is 9.80. The van der Waals surface area contributed by atoms with Crippen LogP contribution in [0.3, 0.4) is 0 Å². The van der Waals surface area contributed by atoms with Gasteiger partial charge in [0.1, 0.15) is 11.3 Å². The molecule has 0 saturated carbocycles. The molecule has 1 N–H and O–H groups in total. The molecule has 7 nitrogen and oxygen atoms in total. The summed E-state index contributed by atoms with van der Waals surface area (Å²) in [5.41, 5.74) is 0.701. The van der Waals surface area contributed by atoms with Gasteiger partial charge in [0.25, 0.3) is 0 Å². The van der Waals surface area contributed by atoms with E-state index in [1.807, 2.05) is 18.2 Å². The minimum absolute atomic E-state index is 0.164. The van der Waals surface area contributed by atoms with Crippen LogP contribution in [0.25, 0.3) is 10.2 Å². The predicted molar refractivity (Wildman–Crippen MR) is 113 cm³/mol. The summed E-state index contributed by atoms with van der Waals surface area (Å²) < 4.78 is 33.4. The molecule has 1 aliphatic rings. The van der Waals surface area contributed by atoms with E-state index in [1.54, 1.807) is 37.4 Å². The van der Waals surface area contributed by atoms with E-state index in [0.29, 0.717) is 35.8 Å². The van der Waals surface area contributed by atoms with Crippen molar-refractivity contribution in [3.05, 3.63) is 48.5 Å². The summed E-state index contributed by atoms with van der Waals surface area (Å²) in [6, 6.07) is 13.9. The highest BCUT2D eigenvalue weighted by molar-refractivity contribution is 7.89. The molecule has 1 fully saturated rings. The molecule has 9 heteroatoms. The van der Waals surface area contributed by atoms with Crippen molar-refractivity contribution < 1.29 is 17.9 Å². The summed E-state index contributed by atoms with van der Waals surface area (Å²) in [5.74, 6) is 0.0178. The van der Waals surface area contributed by atoms with Gasteiger partial charge in [-0.3, -0.25) is 4.79 Å². The van der Waals surface area contributed by atoms with Crippen LogP contribution in [0.2, 0.25) is 0 Å². The maximum atomic E-state index is 12.9. The van der Waals surface area contributed by atoms with Crippen LogP contribution in [-0.2, 0) is 14.8 Å². The number of piperidine rings is 1. The van der Waals surface area contributed by atoms with E-state index in [9.17, 15) is 13.2 Å². The highest BCUT2D eigenvalue weighted by atomic mass is 32.2. The number of nitrogens with zero attached hydrogens (tertiary/aromatic N) is 2. The largest absolute Gasteiger partial charge is 0.494 e. The minimum Gasteiger partial charge on any atom is -0.494 e. The van der Waals surface area contributed by atoms with Crippen LogP contribution in [0.4, 0.5) is 5.13 Å². The van der Waals surface area contributed by atoms with Gasteiger partial charge in [0.05, 0.1) is 22.6 Å². The Morgan fingerprint density at radius 2 is 2.00 bits per heavy atom. The normalized spacial score (nSPS) is 17.9. The number of methoxy groups -OCH3 is 1. The number of fused-ring (bicyclic) bond motifs is 1. The Balaban J connectivity index is 1.49. The van der Waals surface area contributed by atoms with Gasteiger partial charge in [-0.1, -0.05) is 35.6 Å². The number of thiazole rings is 1. The van der Waals surface area contributed by atoms with Crippen LogP contribution in [0.1, 0.15) is 12.8 Å². The average Bonchev–Trinajstić information content (AvgIpc) is 3.17. The van der Waals surface area contributed by atoms with Gasteiger partial charge in [-0.2, -0.15) is 4.31 Å². The Labute approximate surface area is 173 Å². The van der Waals surface area contributed by atoms with Gasteiger partial charge in [0.15, 0.2) is 5.13 Å². The van der Waals surface area contributed by atoms with Crippen LogP contribution in [-0.4, -0.2) is 43.8 Å². The average molecular weight is 432 g/mol. The van der Waals surface area contributed by atoms with Gasteiger partial charge in [0, 0.05) is 13.1 Å². The number of ether oxygens (including phenoxy) is 1. The van der Waals surface area contributed by atoms with Gasteiger partial charge in [0.2, 0.25) is 15.9 Å². The monoisotopic (exact) mass is 431 g/mol. The number of nitrogens with one attached hydrogen (secondary N) is 1. The van der Waals surface area contributed by atoms with Crippen molar-refractivity contribution in [3.63, 3.8) is 0 Å². The molecular weight excluding hydrogens is 410 g/mol. The molecule has 1 unspecified atom stereocenters. The number of rotatable bonds is 5. The van der Waals surface area contributed by atoms with Crippen LogP contribution < -0.4 is 10.1 Å². The quantitative estimate of drug-likeness (QED) is 0.669. The lowest BCUT2D eigenvalue weighted by atomic mass is 9.99. The first kappa shape index (κ1) is 19.8. The standard InChI is InChI=1S/C20H21N3O4S2/c1-27-16-10-5-11-17-18(16)21-20(28-17)22-19(24)14-7-6-12-23(13-14)29(25,26)15-8-3-2-4-9-15/h2-5,8-11,14H,6-7,12-13H2,1H3,(H,21,22,24). The number of aromatic nitrogens is 1. The Hall–Kier alpha value is -2.49. The third-order valence-corrected chi connectivity index (χ3v) is 7.78. The fourth-order valence-corrected chi connectivity index (χ4v) is 5.90. The maximum absolute atomic E-state index is 12.9. The first-order chi connectivity index (χ1) is 14.0. The zero-order valence-electron chi connectivity index (χ0n) is 15.9. The van der Waals surface area contributed by atoms with Crippen molar-refractivity contribution in [2.75, 3.05) is 25.5 Å². The number of carbonyl (C=O) groups excluding carboxylic acids is 1. The van der Waals surface area contributed by atoms with Gasteiger partial charge < -0.3 is 10.1 Å². The summed E-state index contributed by atoms with van der Waals surface area (Å²) in [4.78, 5) is 17.5. The lowest BCUT2D eigenvalue weighted by Gasteiger charge is -2.31. The van der Waals surface area contributed by atoms with E-state index < -0.39 is 15.9 Å². The zero-order valence-corrected chi connectivity index (χ0v) is 17.5. The summed E-state index contributed by atoms with van der Waals surface area (Å²) in [6.45, 7) is 0.580. The molecule has 0 bridgehead atoms. The topological polar surface area (TPSA) is 88.6 Å². The molecule has 152 valence electrons. The number of sulfonamides is 1. The van der Waals surface area contributed by atoms with Gasteiger partial charge >= 0.3 is 0 Å². The van der Waals surface area contributed by atoms with E-state index in [-0.39, 0.29) is 17.3 Å². The van der Waals surface area contributed by atoms with Gasteiger partial charge in [-0.15, -0.1) is 0 Å². The SMILES string of the molecule is COc1cccc2sc(NC(=O)C3CCCN(S(=O)(=O)c4ccccc4)C3)nc12. The van der Waals surface area contributed by atoms with Gasteiger partial charge in [-0.05, 0) is 37.1 Å². The predicted octanol–water partition coefficient (Wildman–Crippen LogP) is 3.34. The van der Waals surface area contributed by atoms with Crippen molar-refractivity contribution in [2.24, 2.45) is 5.92 Å². The molecule has 4 rings (SSSR count). The molecule has 2 heterocycles. The Kier molecular flexibility index (Phi) is 5.53. The first-order valence-corrected chi connectivity index (χ1v) is 11.5. The van der Waals surface area contributed by atoms with Crippen molar-refractivity contribution in [2.45, 2.75) is 17.7 Å². The highest BCUT2D eigenvalue weighted by Gasteiger charge is 2.33. The smallest absolute Gasteiger partial charge is 0.243 e. The van der Waals surface area contributed by atoms with E-state index >= 15 is 0 Å². The maximum Gasteiger partial charge on any atom is 0.243 e. The lowest BCUT2D eigenvalue weighted by Crippen LogP contribution is -2.43. The second-order valence-electron chi connectivity index (χ2n) is 6.83. The number of hydrogen-bond donors (Lipinski definition) is 1. The Bertz CT molecular complexity index is 1130. The van der Waals surface area contributed by atoms with Crippen molar-refractivity contribution in [1.82, 2.24) is 9.29 Å². The number of carbonyl (C=O) groups is 1.